The zero-order valence-corrected chi connectivity index (χ0v) is 13.0. The smallest absolute Gasteiger partial charge is 0.410 e. The number of hydrogen-bond acceptors (Lipinski definition) is 4. The molecule has 1 unspecified atom stereocenters. The van der Waals surface area contributed by atoms with Crippen molar-refractivity contribution in [1.82, 2.24) is 10.2 Å². The lowest BCUT2D eigenvalue weighted by atomic mass is 9.95. The van der Waals surface area contributed by atoms with Crippen LogP contribution in [-0.2, 0) is 9.47 Å². The predicted octanol–water partition coefficient (Wildman–Crippen LogP) is 2.01. The van der Waals surface area contributed by atoms with Gasteiger partial charge in [0.15, 0.2) is 0 Å². The molecule has 116 valence electrons. The number of amides is 1. The summed E-state index contributed by atoms with van der Waals surface area (Å²) in [5, 5.41) is 3.49. The molecule has 2 fully saturated rings. The van der Waals surface area contributed by atoms with Gasteiger partial charge in [-0.05, 0) is 52.5 Å². The third kappa shape index (κ3) is 4.94. The van der Waals surface area contributed by atoms with Crippen molar-refractivity contribution < 1.29 is 14.3 Å². The molecule has 2 saturated heterocycles. The van der Waals surface area contributed by atoms with Crippen molar-refractivity contribution in [2.75, 3.05) is 32.8 Å². The largest absolute Gasteiger partial charge is 0.444 e. The fraction of sp³-hybridized carbons (Fsp3) is 0.933. The van der Waals surface area contributed by atoms with Crippen LogP contribution in [0.3, 0.4) is 0 Å². The number of piperidine rings is 1. The van der Waals surface area contributed by atoms with Crippen LogP contribution in [0.4, 0.5) is 4.79 Å². The average Bonchev–Trinajstić information content (AvgIpc) is 2.30. The number of carbonyl (C=O) groups excluding carboxylic acids is 1. The lowest BCUT2D eigenvalue weighted by Crippen LogP contribution is -2.47. The predicted molar refractivity (Wildman–Crippen MR) is 77.8 cm³/mol. The Labute approximate surface area is 122 Å². The minimum absolute atomic E-state index is 0.164. The zero-order valence-electron chi connectivity index (χ0n) is 13.0. The Kier molecular flexibility index (Phi) is 5.27. The summed E-state index contributed by atoms with van der Waals surface area (Å²) in [6.45, 7) is 10.1. The first-order valence-electron chi connectivity index (χ1n) is 7.73. The van der Waals surface area contributed by atoms with Gasteiger partial charge in [-0.25, -0.2) is 4.79 Å². The van der Waals surface area contributed by atoms with Crippen molar-refractivity contribution in [3.8, 4) is 0 Å². The Balaban J connectivity index is 1.69. The van der Waals surface area contributed by atoms with Crippen LogP contribution in [0.25, 0.3) is 0 Å². The Morgan fingerprint density at radius 3 is 2.75 bits per heavy atom. The van der Waals surface area contributed by atoms with E-state index in [2.05, 4.69) is 5.32 Å². The van der Waals surface area contributed by atoms with Crippen molar-refractivity contribution in [2.24, 2.45) is 5.92 Å². The molecule has 0 aromatic rings. The molecule has 5 heteroatoms. The van der Waals surface area contributed by atoms with Gasteiger partial charge in [0.2, 0.25) is 0 Å². The van der Waals surface area contributed by atoms with Crippen molar-refractivity contribution in [3.05, 3.63) is 0 Å². The fourth-order valence-electron chi connectivity index (χ4n) is 2.64. The van der Waals surface area contributed by atoms with Gasteiger partial charge < -0.3 is 19.7 Å². The molecule has 0 spiro atoms. The van der Waals surface area contributed by atoms with Gasteiger partial charge in [0.25, 0.3) is 0 Å². The Hall–Kier alpha value is -0.810. The molecule has 2 heterocycles. The van der Waals surface area contributed by atoms with E-state index in [1.807, 2.05) is 25.7 Å². The van der Waals surface area contributed by atoms with Crippen LogP contribution in [0, 0.1) is 5.92 Å². The topological polar surface area (TPSA) is 50.8 Å². The monoisotopic (exact) mass is 284 g/mol. The van der Waals surface area contributed by atoms with Crippen LogP contribution in [0.2, 0.25) is 0 Å². The van der Waals surface area contributed by atoms with E-state index in [0.717, 1.165) is 45.7 Å². The molecular weight excluding hydrogens is 256 g/mol. The third-order valence-corrected chi connectivity index (χ3v) is 3.79. The number of hydrogen-bond donors (Lipinski definition) is 1. The Morgan fingerprint density at radius 1 is 1.40 bits per heavy atom. The minimum atomic E-state index is -0.407. The highest BCUT2D eigenvalue weighted by Gasteiger charge is 2.27. The van der Waals surface area contributed by atoms with E-state index in [-0.39, 0.29) is 6.09 Å². The van der Waals surface area contributed by atoms with Gasteiger partial charge in [0.05, 0.1) is 19.3 Å². The molecule has 1 N–H and O–H groups in total. The Bertz CT molecular complexity index is 324. The quantitative estimate of drug-likeness (QED) is 0.858. The SMILES string of the molecule is CC(C)(C)OC(=O)N1CCCC(CCNC2COC2)C1. The summed E-state index contributed by atoms with van der Waals surface area (Å²) < 4.78 is 10.6. The molecule has 0 aliphatic carbocycles. The van der Waals surface area contributed by atoms with E-state index in [1.165, 1.54) is 6.42 Å². The third-order valence-electron chi connectivity index (χ3n) is 3.79. The van der Waals surface area contributed by atoms with E-state index in [4.69, 9.17) is 9.47 Å². The minimum Gasteiger partial charge on any atom is -0.444 e. The number of carbonyl (C=O) groups is 1. The van der Waals surface area contributed by atoms with Crippen LogP contribution in [0.15, 0.2) is 0 Å². The van der Waals surface area contributed by atoms with E-state index in [0.29, 0.717) is 12.0 Å². The van der Waals surface area contributed by atoms with Crippen LogP contribution in [0.5, 0.6) is 0 Å². The summed E-state index contributed by atoms with van der Waals surface area (Å²) in [6, 6.07) is 0.542. The number of rotatable bonds is 4. The second kappa shape index (κ2) is 6.76. The highest BCUT2D eigenvalue weighted by atomic mass is 16.6. The molecule has 0 bridgehead atoms. The van der Waals surface area contributed by atoms with Crippen LogP contribution < -0.4 is 5.32 Å². The molecule has 0 aromatic heterocycles. The zero-order chi connectivity index (χ0) is 14.6. The normalized spacial score (nSPS) is 24.4. The first-order chi connectivity index (χ1) is 9.44. The highest BCUT2D eigenvalue weighted by molar-refractivity contribution is 5.68. The molecule has 2 aliphatic rings. The molecule has 0 aromatic carbocycles. The molecule has 0 saturated carbocycles. The van der Waals surface area contributed by atoms with Gasteiger partial charge in [0.1, 0.15) is 5.60 Å². The van der Waals surface area contributed by atoms with Gasteiger partial charge in [0, 0.05) is 13.1 Å². The highest BCUT2D eigenvalue weighted by Crippen LogP contribution is 2.21. The number of nitrogens with zero attached hydrogens (tertiary/aromatic N) is 1. The summed E-state index contributed by atoms with van der Waals surface area (Å²) >= 11 is 0. The molecule has 20 heavy (non-hydrogen) atoms. The van der Waals surface area contributed by atoms with Gasteiger partial charge >= 0.3 is 6.09 Å². The van der Waals surface area contributed by atoms with E-state index >= 15 is 0 Å². The van der Waals surface area contributed by atoms with Crippen molar-refractivity contribution in [2.45, 2.75) is 51.7 Å². The first kappa shape index (κ1) is 15.6. The summed E-state index contributed by atoms with van der Waals surface area (Å²) in [5.41, 5.74) is -0.407. The molecule has 0 radical (unpaired) electrons. The van der Waals surface area contributed by atoms with E-state index < -0.39 is 5.60 Å². The fourth-order valence-corrected chi connectivity index (χ4v) is 2.64. The van der Waals surface area contributed by atoms with Gasteiger partial charge in [-0.1, -0.05) is 0 Å². The molecular formula is C15H28N2O3. The Morgan fingerprint density at radius 2 is 2.15 bits per heavy atom. The second-order valence-electron chi connectivity index (χ2n) is 6.91. The number of likely N-dealkylation sites (tertiary alicyclic amines) is 1. The molecule has 1 atom stereocenters. The van der Waals surface area contributed by atoms with Gasteiger partial charge in [-0.3, -0.25) is 0 Å². The average molecular weight is 284 g/mol. The maximum Gasteiger partial charge on any atom is 0.410 e. The lowest BCUT2D eigenvalue weighted by molar-refractivity contribution is -0.00616. The molecule has 1 amide bonds. The van der Waals surface area contributed by atoms with E-state index in [1.54, 1.807) is 0 Å². The van der Waals surface area contributed by atoms with Crippen LogP contribution in [-0.4, -0.2) is 55.5 Å². The van der Waals surface area contributed by atoms with Crippen LogP contribution >= 0.6 is 0 Å². The maximum atomic E-state index is 12.1. The number of nitrogens with one attached hydrogen (secondary N) is 1. The van der Waals surface area contributed by atoms with Crippen molar-refractivity contribution >= 4 is 6.09 Å². The molecule has 5 nitrogen and oxygen atoms in total. The van der Waals surface area contributed by atoms with Gasteiger partial charge in [-0.2, -0.15) is 0 Å². The summed E-state index contributed by atoms with van der Waals surface area (Å²) in [4.78, 5) is 13.9. The summed E-state index contributed by atoms with van der Waals surface area (Å²) in [7, 11) is 0. The number of ether oxygens (including phenoxy) is 2. The summed E-state index contributed by atoms with van der Waals surface area (Å²) in [5.74, 6) is 0.588. The van der Waals surface area contributed by atoms with Crippen molar-refractivity contribution in [3.63, 3.8) is 0 Å². The van der Waals surface area contributed by atoms with Crippen LogP contribution in [0.1, 0.15) is 40.0 Å². The lowest BCUT2D eigenvalue weighted by Gasteiger charge is -2.34. The molecule has 2 rings (SSSR count). The van der Waals surface area contributed by atoms with Gasteiger partial charge in [-0.15, -0.1) is 0 Å². The second-order valence-corrected chi connectivity index (χ2v) is 6.91. The summed E-state index contributed by atoms with van der Waals surface area (Å²) in [6.07, 6.45) is 3.25. The first-order valence-corrected chi connectivity index (χ1v) is 7.73. The molecule has 2 aliphatic heterocycles. The maximum absolute atomic E-state index is 12.1. The van der Waals surface area contributed by atoms with E-state index in [9.17, 15) is 4.79 Å². The standard InChI is InChI=1S/C15H28N2O3/c1-15(2,3)20-14(18)17-8-4-5-12(9-17)6-7-16-13-10-19-11-13/h12-13,16H,4-11H2,1-3H3. The van der Waals surface area contributed by atoms with Crippen molar-refractivity contribution in [1.29, 1.82) is 0 Å².